The van der Waals surface area contributed by atoms with Crippen LogP contribution in [0.4, 0.5) is 0 Å². The molecular formula is C35H21N3S. The van der Waals surface area contributed by atoms with E-state index in [9.17, 15) is 0 Å². The number of hydrogen-bond acceptors (Lipinski definition) is 2. The van der Waals surface area contributed by atoms with Crippen molar-refractivity contribution in [1.29, 1.82) is 0 Å². The van der Waals surface area contributed by atoms with Crippen molar-refractivity contribution in [2.24, 2.45) is 0 Å². The van der Waals surface area contributed by atoms with Crippen LogP contribution in [0.25, 0.3) is 75.4 Å². The van der Waals surface area contributed by atoms with Crippen LogP contribution in [0.3, 0.4) is 0 Å². The van der Waals surface area contributed by atoms with Crippen molar-refractivity contribution < 1.29 is 0 Å². The lowest BCUT2D eigenvalue weighted by Gasteiger charge is -2.12. The van der Waals surface area contributed by atoms with Gasteiger partial charge >= 0.3 is 0 Å². The van der Waals surface area contributed by atoms with Crippen molar-refractivity contribution in [3.8, 4) is 10.8 Å². The van der Waals surface area contributed by atoms with Gasteiger partial charge < -0.3 is 4.57 Å². The smallest absolute Gasteiger partial charge is 0.195 e. The van der Waals surface area contributed by atoms with E-state index in [4.69, 9.17) is 4.98 Å². The third-order valence-electron chi connectivity index (χ3n) is 7.93. The number of para-hydroxylation sites is 4. The quantitative estimate of drug-likeness (QED) is 0.225. The van der Waals surface area contributed by atoms with Crippen molar-refractivity contribution in [2.45, 2.75) is 0 Å². The summed E-state index contributed by atoms with van der Waals surface area (Å²) in [4.78, 5) is 5.16. The fourth-order valence-electron chi connectivity index (χ4n) is 6.39. The van der Waals surface area contributed by atoms with E-state index >= 15 is 0 Å². The maximum atomic E-state index is 5.16. The van der Waals surface area contributed by atoms with E-state index in [1.54, 1.807) is 11.3 Å². The Balaban J connectivity index is 1.63. The Hall–Kier alpha value is -4.93. The minimum Gasteiger partial charge on any atom is -0.309 e. The molecule has 0 amide bonds. The van der Waals surface area contributed by atoms with Crippen LogP contribution in [0.5, 0.6) is 0 Å². The molecule has 0 aliphatic carbocycles. The van der Waals surface area contributed by atoms with Crippen LogP contribution in [0.1, 0.15) is 0 Å². The number of fused-ring (bicyclic) bond motifs is 11. The molecule has 0 radical (unpaired) electrons. The number of hydrogen-bond donors (Lipinski definition) is 0. The first-order valence-corrected chi connectivity index (χ1v) is 14.0. The average Bonchev–Trinajstić information content (AvgIpc) is 3.67. The van der Waals surface area contributed by atoms with Gasteiger partial charge in [-0.05, 0) is 41.8 Å². The summed E-state index contributed by atoms with van der Waals surface area (Å²) < 4.78 is 6.04. The number of aromatic nitrogens is 3. The molecule has 0 spiro atoms. The molecule has 0 aliphatic rings. The highest BCUT2D eigenvalue weighted by Gasteiger charge is 2.25. The summed E-state index contributed by atoms with van der Waals surface area (Å²) in [5.41, 5.74) is 7.03. The Morgan fingerprint density at radius 1 is 0.462 bits per heavy atom. The molecule has 0 bridgehead atoms. The largest absolute Gasteiger partial charge is 0.309 e. The molecule has 0 unspecified atom stereocenters. The standard InChI is InChI=1S/C35H21N3S/c1-2-12-22(13-3-1)37-28-19-9-7-17-26(28)32-33(37)24-15-5-4-14-23(24)31-25-16-6-10-20-29(25)38(34(31)32)35-36-27-18-8-11-21-30(27)39-35/h1-21H. The fourth-order valence-corrected chi connectivity index (χ4v) is 7.38. The van der Waals surface area contributed by atoms with Gasteiger partial charge in [-0.15, -0.1) is 0 Å². The second kappa shape index (κ2) is 7.79. The van der Waals surface area contributed by atoms with Crippen molar-refractivity contribution in [3.05, 3.63) is 127 Å². The first kappa shape index (κ1) is 21.1. The third kappa shape index (κ3) is 2.78. The number of benzene rings is 6. The number of thiazole rings is 1. The molecule has 0 fully saturated rings. The predicted molar refractivity (Wildman–Crippen MR) is 166 cm³/mol. The minimum absolute atomic E-state index is 0.996. The lowest BCUT2D eigenvalue weighted by atomic mass is 9.99. The van der Waals surface area contributed by atoms with Gasteiger partial charge in [0.25, 0.3) is 0 Å². The highest BCUT2D eigenvalue weighted by Crippen LogP contribution is 2.47. The second-order valence-corrected chi connectivity index (χ2v) is 11.0. The van der Waals surface area contributed by atoms with Crippen LogP contribution in [0.2, 0.25) is 0 Å². The minimum atomic E-state index is 0.996. The van der Waals surface area contributed by atoms with E-state index in [0.717, 1.165) is 16.3 Å². The SMILES string of the molecule is c1ccc(-n2c3ccccc3c3c2c2ccccc2c2c4ccccc4n(-c4nc5ccccc5s4)c23)cc1. The molecule has 4 heteroatoms. The van der Waals surface area contributed by atoms with Gasteiger partial charge in [0, 0.05) is 32.6 Å². The molecule has 6 aromatic carbocycles. The van der Waals surface area contributed by atoms with Crippen molar-refractivity contribution >= 4 is 75.9 Å². The van der Waals surface area contributed by atoms with Gasteiger partial charge in [0.15, 0.2) is 5.13 Å². The fraction of sp³-hybridized carbons (Fsp3) is 0. The van der Waals surface area contributed by atoms with E-state index in [2.05, 4.69) is 137 Å². The molecular weight excluding hydrogens is 494 g/mol. The van der Waals surface area contributed by atoms with Crippen LogP contribution in [0.15, 0.2) is 127 Å². The molecule has 9 aromatic rings. The maximum absolute atomic E-state index is 5.16. The van der Waals surface area contributed by atoms with E-state index < -0.39 is 0 Å². The topological polar surface area (TPSA) is 22.8 Å². The average molecular weight is 516 g/mol. The van der Waals surface area contributed by atoms with Gasteiger partial charge in [0.05, 0.1) is 32.3 Å². The zero-order chi connectivity index (χ0) is 25.5. The van der Waals surface area contributed by atoms with Crippen LogP contribution >= 0.6 is 11.3 Å². The third-order valence-corrected chi connectivity index (χ3v) is 8.95. The Kier molecular flexibility index (Phi) is 4.21. The Morgan fingerprint density at radius 3 is 1.82 bits per heavy atom. The zero-order valence-electron chi connectivity index (χ0n) is 20.9. The number of rotatable bonds is 2. The molecule has 182 valence electrons. The van der Waals surface area contributed by atoms with Gasteiger partial charge in [-0.1, -0.05) is 102 Å². The summed E-state index contributed by atoms with van der Waals surface area (Å²) in [6.45, 7) is 0. The molecule has 39 heavy (non-hydrogen) atoms. The molecule has 3 heterocycles. The summed E-state index contributed by atoms with van der Waals surface area (Å²) in [5, 5.41) is 8.56. The van der Waals surface area contributed by atoms with Gasteiger partial charge in [-0.3, -0.25) is 4.57 Å². The summed E-state index contributed by atoms with van der Waals surface area (Å²) in [7, 11) is 0. The van der Waals surface area contributed by atoms with E-state index in [1.165, 1.54) is 59.1 Å². The second-order valence-electron chi connectivity index (χ2n) is 10.00. The predicted octanol–water partition coefficient (Wildman–Crippen LogP) is 9.64. The van der Waals surface area contributed by atoms with E-state index in [0.29, 0.717) is 0 Å². The molecule has 0 aliphatic heterocycles. The van der Waals surface area contributed by atoms with Crippen molar-refractivity contribution in [3.63, 3.8) is 0 Å². The van der Waals surface area contributed by atoms with Crippen LogP contribution in [0, 0.1) is 0 Å². The van der Waals surface area contributed by atoms with Crippen LogP contribution in [-0.2, 0) is 0 Å². The first-order valence-electron chi connectivity index (χ1n) is 13.2. The Morgan fingerprint density at radius 2 is 1.05 bits per heavy atom. The molecule has 3 nitrogen and oxygen atoms in total. The van der Waals surface area contributed by atoms with Gasteiger partial charge in [0.2, 0.25) is 0 Å². The molecule has 9 rings (SSSR count). The maximum Gasteiger partial charge on any atom is 0.195 e. The Labute approximate surface area is 227 Å². The summed E-state index contributed by atoms with van der Waals surface area (Å²) in [5.74, 6) is 0. The van der Waals surface area contributed by atoms with E-state index in [-0.39, 0.29) is 0 Å². The molecule has 0 N–H and O–H groups in total. The lowest BCUT2D eigenvalue weighted by molar-refractivity contribution is 1.15. The molecule has 3 aromatic heterocycles. The van der Waals surface area contributed by atoms with Crippen LogP contribution < -0.4 is 0 Å². The van der Waals surface area contributed by atoms with Crippen LogP contribution in [-0.4, -0.2) is 14.1 Å². The van der Waals surface area contributed by atoms with Crippen molar-refractivity contribution in [2.75, 3.05) is 0 Å². The molecule has 0 saturated carbocycles. The lowest BCUT2D eigenvalue weighted by Crippen LogP contribution is -1.96. The normalized spacial score (nSPS) is 12.1. The highest BCUT2D eigenvalue weighted by molar-refractivity contribution is 7.20. The number of nitrogens with zero attached hydrogens (tertiary/aromatic N) is 3. The van der Waals surface area contributed by atoms with E-state index in [1.807, 2.05) is 0 Å². The zero-order valence-corrected chi connectivity index (χ0v) is 21.7. The summed E-state index contributed by atoms with van der Waals surface area (Å²) in [6, 6.07) is 45.6. The molecule has 0 atom stereocenters. The molecule has 0 saturated heterocycles. The summed E-state index contributed by atoms with van der Waals surface area (Å²) in [6.07, 6.45) is 0. The van der Waals surface area contributed by atoms with Gasteiger partial charge in [-0.2, -0.15) is 0 Å². The van der Waals surface area contributed by atoms with Gasteiger partial charge in [0.1, 0.15) is 0 Å². The highest BCUT2D eigenvalue weighted by atomic mass is 32.1. The van der Waals surface area contributed by atoms with Gasteiger partial charge in [-0.25, -0.2) is 4.98 Å². The summed E-state index contributed by atoms with van der Waals surface area (Å²) >= 11 is 1.75. The first-order chi connectivity index (χ1) is 19.4. The Bertz CT molecular complexity index is 2360. The van der Waals surface area contributed by atoms with Crippen molar-refractivity contribution in [1.82, 2.24) is 14.1 Å². The monoisotopic (exact) mass is 515 g/mol.